The van der Waals surface area contributed by atoms with Crippen LogP contribution < -0.4 is 0 Å². The maximum atomic E-state index is 12.8. The van der Waals surface area contributed by atoms with Crippen LogP contribution in [0, 0.1) is 0 Å². The zero-order valence-electron chi connectivity index (χ0n) is 8.52. The molecule has 1 aromatic heterocycles. The van der Waals surface area contributed by atoms with E-state index in [9.17, 15) is 13.2 Å². The summed E-state index contributed by atoms with van der Waals surface area (Å²) >= 11 is 2.99. The molecule has 1 heterocycles. The van der Waals surface area contributed by atoms with E-state index in [-0.39, 0.29) is 10.5 Å². The first-order valence-electron chi connectivity index (χ1n) is 5.22. The van der Waals surface area contributed by atoms with Crippen LogP contribution in [-0.2, 0) is 6.18 Å². The summed E-state index contributed by atoms with van der Waals surface area (Å²) in [6, 6.07) is 3.14. The molecule has 0 spiro atoms. The molecule has 0 bridgehead atoms. The molecule has 0 atom stereocenters. The quantitative estimate of drug-likeness (QED) is 0.694. The molecule has 0 saturated heterocycles. The van der Waals surface area contributed by atoms with Crippen molar-refractivity contribution in [3.05, 3.63) is 28.0 Å². The molecule has 0 aromatic carbocycles. The Hall–Kier alpha value is -0.580. The highest BCUT2D eigenvalue weighted by atomic mass is 79.9. The molecule has 0 aliphatic heterocycles. The average molecular weight is 294 g/mol. The van der Waals surface area contributed by atoms with E-state index in [0.717, 1.165) is 25.7 Å². The first-order chi connectivity index (χ1) is 7.48. The van der Waals surface area contributed by atoms with Crippen LogP contribution >= 0.6 is 15.9 Å². The highest BCUT2D eigenvalue weighted by Gasteiger charge is 2.37. The highest BCUT2D eigenvalue weighted by molar-refractivity contribution is 9.10. The van der Waals surface area contributed by atoms with Crippen molar-refractivity contribution < 1.29 is 13.2 Å². The second kappa shape index (κ2) is 4.35. The molecule has 0 radical (unpaired) electrons. The van der Waals surface area contributed by atoms with Crippen LogP contribution in [0.25, 0.3) is 0 Å². The molecular weight excluding hydrogens is 283 g/mol. The highest BCUT2D eigenvalue weighted by Crippen LogP contribution is 2.40. The van der Waals surface area contributed by atoms with Gasteiger partial charge in [0.15, 0.2) is 0 Å². The van der Waals surface area contributed by atoms with Crippen LogP contribution in [0.5, 0.6) is 0 Å². The molecule has 0 amide bonds. The molecule has 1 aliphatic carbocycles. The summed E-state index contributed by atoms with van der Waals surface area (Å²) in [4.78, 5) is 3.58. The van der Waals surface area contributed by atoms with Crippen molar-refractivity contribution >= 4 is 15.9 Å². The van der Waals surface area contributed by atoms with Gasteiger partial charge in [0.2, 0.25) is 0 Å². The Morgan fingerprint density at radius 2 is 1.81 bits per heavy atom. The largest absolute Gasteiger partial charge is 0.433 e. The van der Waals surface area contributed by atoms with E-state index in [4.69, 9.17) is 0 Å². The zero-order valence-corrected chi connectivity index (χ0v) is 10.1. The Kier molecular flexibility index (Phi) is 3.24. The summed E-state index contributed by atoms with van der Waals surface area (Å²) in [5.74, 6) is 0.0252. The molecule has 2 rings (SSSR count). The van der Waals surface area contributed by atoms with Crippen LogP contribution in [0.3, 0.4) is 0 Å². The summed E-state index contributed by atoms with van der Waals surface area (Å²) in [6.45, 7) is 0. The van der Waals surface area contributed by atoms with Crippen LogP contribution in [0.15, 0.2) is 16.7 Å². The summed E-state index contributed by atoms with van der Waals surface area (Å²) in [5.41, 5.74) is -0.373. The maximum absolute atomic E-state index is 12.8. The second-order valence-corrected chi connectivity index (χ2v) is 4.86. The molecule has 16 heavy (non-hydrogen) atoms. The van der Waals surface area contributed by atoms with Gasteiger partial charge in [0.05, 0.1) is 0 Å². The van der Waals surface area contributed by atoms with Gasteiger partial charge in [-0.3, -0.25) is 0 Å². The molecule has 0 unspecified atom stereocenters. The van der Waals surface area contributed by atoms with Crippen molar-refractivity contribution in [3.63, 3.8) is 0 Å². The smallest absolute Gasteiger partial charge is 0.236 e. The first kappa shape index (κ1) is 11.9. The molecule has 1 aliphatic rings. The van der Waals surface area contributed by atoms with E-state index in [2.05, 4.69) is 20.9 Å². The van der Waals surface area contributed by atoms with Crippen molar-refractivity contribution in [3.8, 4) is 0 Å². The lowest BCUT2D eigenvalue weighted by Gasteiger charge is -2.16. The van der Waals surface area contributed by atoms with Crippen LogP contribution in [-0.4, -0.2) is 4.98 Å². The van der Waals surface area contributed by atoms with Crippen molar-refractivity contribution in [1.82, 2.24) is 4.98 Å². The van der Waals surface area contributed by atoms with E-state index < -0.39 is 11.9 Å². The van der Waals surface area contributed by atoms with Crippen molar-refractivity contribution in [2.75, 3.05) is 0 Å². The Morgan fingerprint density at radius 3 is 2.38 bits per heavy atom. The number of hydrogen-bond donors (Lipinski definition) is 0. The third kappa shape index (κ3) is 2.39. The third-order valence-corrected chi connectivity index (χ3v) is 3.40. The number of rotatable bonds is 1. The fraction of sp³-hybridized carbons (Fsp3) is 0.545. The predicted octanol–water partition coefficient (Wildman–Crippen LogP) is 4.52. The Morgan fingerprint density at radius 1 is 1.19 bits per heavy atom. The molecular formula is C11H11BrF3N. The lowest BCUT2D eigenvalue weighted by atomic mass is 9.96. The predicted molar refractivity (Wildman–Crippen MR) is 58.1 cm³/mol. The van der Waals surface area contributed by atoms with Gasteiger partial charge >= 0.3 is 6.18 Å². The van der Waals surface area contributed by atoms with Gasteiger partial charge in [-0.2, -0.15) is 13.2 Å². The van der Waals surface area contributed by atoms with Crippen molar-refractivity contribution in [1.29, 1.82) is 0 Å². The fourth-order valence-corrected chi connectivity index (χ4v) is 2.55. The van der Waals surface area contributed by atoms with Crippen molar-refractivity contribution in [2.45, 2.75) is 37.8 Å². The standard InChI is InChI=1S/C11H11BrF3N/c12-9-6-5-8(7-3-1-2-4-7)10(16-9)11(13,14)15/h5-7H,1-4H2. The Balaban J connectivity index is 2.43. The molecule has 5 heteroatoms. The zero-order chi connectivity index (χ0) is 11.8. The summed E-state index contributed by atoms with van der Waals surface area (Å²) in [6.07, 6.45) is -0.656. The minimum absolute atomic E-state index is 0.0252. The molecule has 0 N–H and O–H groups in total. The lowest BCUT2D eigenvalue weighted by Crippen LogP contribution is -2.13. The van der Waals surface area contributed by atoms with Gasteiger partial charge in [-0.25, -0.2) is 4.98 Å². The van der Waals surface area contributed by atoms with Gasteiger partial charge in [-0.1, -0.05) is 18.9 Å². The molecule has 1 fully saturated rings. The van der Waals surface area contributed by atoms with E-state index in [1.54, 1.807) is 12.1 Å². The van der Waals surface area contributed by atoms with Crippen molar-refractivity contribution in [2.24, 2.45) is 0 Å². The van der Waals surface area contributed by atoms with Gasteiger partial charge in [-0.05, 0) is 46.3 Å². The Labute approximate surface area is 100 Å². The number of nitrogens with zero attached hydrogens (tertiary/aromatic N) is 1. The third-order valence-electron chi connectivity index (χ3n) is 2.96. The minimum atomic E-state index is -4.36. The fourth-order valence-electron chi connectivity index (χ4n) is 2.24. The van der Waals surface area contributed by atoms with E-state index in [0.29, 0.717) is 5.56 Å². The summed E-state index contributed by atoms with van der Waals surface area (Å²) < 4.78 is 38.6. The van der Waals surface area contributed by atoms with E-state index >= 15 is 0 Å². The van der Waals surface area contributed by atoms with Gasteiger partial charge in [0.1, 0.15) is 10.3 Å². The number of aromatic nitrogens is 1. The first-order valence-corrected chi connectivity index (χ1v) is 6.01. The van der Waals surface area contributed by atoms with Gasteiger partial charge in [0.25, 0.3) is 0 Å². The van der Waals surface area contributed by atoms with Gasteiger partial charge < -0.3 is 0 Å². The minimum Gasteiger partial charge on any atom is -0.236 e. The lowest BCUT2D eigenvalue weighted by molar-refractivity contribution is -0.142. The van der Waals surface area contributed by atoms with Gasteiger partial charge in [0, 0.05) is 0 Å². The SMILES string of the molecule is FC(F)(F)c1nc(Br)ccc1C1CCCC1. The normalized spacial score (nSPS) is 18.0. The number of halogens is 4. The topological polar surface area (TPSA) is 12.9 Å². The summed E-state index contributed by atoms with van der Waals surface area (Å²) in [7, 11) is 0. The molecule has 1 saturated carbocycles. The second-order valence-electron chi connectivity index (χ2n) is 4.05. The Bertz CT molecular complexity index is 383. The summed E-state index contributed by atoms with van der Waals surface area (Å²) in [5, 5.41) is 0. The maximum Gasteiger partial charge on any atom is 0.433 e. The monoisotopic (exact) mass is 293 g/mol. The number of pyridine rings is 1. The number of hydrogen-bond acceptors (Lipinski definition) is 1. The molecule has 1 nitrogen and oxygen atoms in total. The van der Waals surface area contributed by atoms with Gasteiger partial charge in [-0.15, -0.1) is 0 Å². The van der Waals surface area contributed by atoms with E-state index in [1.807, 2.05) is 0 Å². The van der Waals surface area contributed by atoms with Crippen LogP contribution in [0.2, 0.25) is 0 Å². The van der Waals surface area contributed by atoms with Crippen LogP contribution in [0.4, 0.5) is 13.2 Å². The number of alkyl halides is 3. The van der Waals surface area contributed by atoms with E-state index in [1.165, 1.54) is 0 Å². The molecule has 1 aromatic rings. The average Bonchev–Trinajstić information content (AvgIpc) is 2.69. The van der Waals surface area contributed by atoms with Crippen LogP contribution in [0.1, 0.15) is 42.9 Å². The molecule has 88 valence electrons.